The number of carbonyl (C=O) groups excluding carboxylic acids is 2. The second kappa shape index (κ2) is 9.78. The van der Waals surface area contributed by atoms with Gasteiger partial charge in [-0.3, -0.25) is 9.59 Å². The molecule has 0 fully saturated rings. The van der Waals surface area contributed by atoms with Crippen LogP contribution >= 0.6 is 15.9 Å². The van der Waals surface area contributed by atoms with Crippen molar-refractivity contribution in [2.75, 3.05) is 18.5 Å². The Morgan fingerprint density at radius 3 is 2.72 bits per heavy atom. The molecule has 0 atom stereocenters. The van der Waals surface area contributed by atoms with Crippen LogP contribution in [0.3, 0.4) is 0 Å². The Morgan fingerprint density at radius 1 is 1.32 bits per heavy atom. The van der Waals surface area contributed by atoms with Crippen molar-refractivity contribution in [1.29, 1.82) is 0 Å². The summed E-state index contributed by atoms with van der Waals surface area (Å²) in [5.74, 6) is 0.984. The van der Waals surface area contributed by atoms with Crippen LogP contribution in [-0.2, 0) is 11.8 Å². The Kier molecular flexibility index (Phi) is 7.40. The van der Waals surface area contributed by atoms with Crippen molar-refractivity contribution >= 4 is 33.7 Å². The SMILES string of the molecule is Cn1ccnc1C(=O)/C=C/c1ccc(OCCCNC(=O)CBr)cc1. The van der Waals surface area contributed by atoms with Crippen LogP contribution in [0.2, 0.25) is 0 Å². The van der Waals surface area contributed by atoms with Crippen LogP contribution in [-0.4, -0.2) is 39.7 Å². The smallest absolute Gasteiger partial charge is 0.230 e. The van der Waals surface area contributed by atoms with Crippen molar-refractivity contribution in [3.63, 3.8) is 0 Å². The Balaban J connectivity index is 1.78. The zero-order valence-corrected chi connectivity index (χ0v) is 15.5. The average molecular weight is 406 g/mol. The van der Waals surface area contributed by atoms with Gasteiger partial charge in [0, 0.05) is 26.0 Å². The Labute approximate surface area is 155 Å². The second-order valence-electron chi connectivity index (χ2n) is 5.31. The highest BCUT2D eigenvalue weighted by molar-refractivity contribution is 9.09. The van der Waals surface area contributed by atoms with E-state index < -0.39 is 0 Å². The lowest BCUT2D eigenvalue weighted by Gasteiger charge is -2.07. The predicted molar refractivity (Wildman–Crippen MR) is 99.9 cm³/mol. The van der Waals surface area contributed by atoms with Gasteiger partial charge in [0.05, 0.1) is 11.9 Å². The van der Waals surface area contributed by atoms with Gasteiger partial charge in [-0.15, -0.1) is 0 Å². The molecular weight excluding hydrogens is 386 g/mol. The van der Waals surface area contributed by atoms with E-state index >= 15 is 0 Å². The zero-order chi connectivity index (χ0) is 18.1. The minimum absolute atomic E-state index is 0.0313. The number of nitrogens with zero attached hydrogens (tertiary/aromatic N) is 2. The number of carbonyl (C=O) groups is 2. The first-order chi connectivity index (χ1) is 12.1. The molecular formula is C18H20BrN3O3. The number of halogens is 1. The van der Waals surface area contributed by atoms with Gasteiger partial charge in [-0.2, -0.15) is 0 Å². The standard InChI is InChI=1S/C18H20BrN3O3/c1-22-11-10-21-18(22)16(23)8-5-14-3-6-15(7-4-14)25-12-2-9-20-17(24)13-19/h3-8,10-11H,2,9,12-13H2,1H3,(H,20,24)/b8-5+. The van der Waals surface area contributed by atoms with Crippen LogP contribution in [0, 0.1) is 0 Å². The van der Waals surface area contributed by atoms with E-state index in [0.717, 1.165) is 17.7 Å². The lowest BCUT2D eigenvalue weighted by atomic mass is 10.2. The summed E-state index contributed by atoms with van der Waals surface area (Å²) >= 11 is 3.09. The van der Waals surface area contributed by atoms with E-state index in [0.29, 0.717) is 24.3 Å². The van der Waals surface area contributed by atoms with Gasteiger partial charge < -0.3 is 14.6 Å². The molecule has 2 aromatic rings. The molecule has 1 amide bonds. The molecule has 1 aromatic carbocycles. The largest absolute Gasteiger partial charge is 0.494 e. The first kappa shape index (κ1) is 18.9. The number of ketones is 1. The third-order valence-electron chi connectivity index (χ3n) is 3.38. The molecule has 0 bridgehead atoms. The van der Waals surface area contributed by atoms with E-state index in [2.05, 4.69) is 26.2 Å². The van der Waals surface area contributed by atoms with E-state index in [4.69, 9.17) is 4.74 Å². The first-order valence-corrected chi connectivity index (χ1v) is 8.97. The molecule has 1 N–H and O–H groups in total. The fraction of sp³-hybridized carbons (Fsp3) is 0.278. The molecule has 0 saturated heterocycles. The number of hydrogen-bond acceptors (Lipinski definition) is 4. The van der Waals surface area contributed by atoms with Gasteiger partial charge in [-0.05, 0) is 30.2 Å². The third kappa shape index (κ3) is 6.19. The highest BCUT2D eigenvalue weighted by atomic mass is 79.9. The van der Waals surface area contributed by atoms with Crippen molar-refractivity contribution in [3.05, 3.63) is 54.1 Å². The van der Waals surface area contributed by atoms with E-state index in [-0.39, 0.29) is 11.7 Å². The number of hydrogen-bond donors (Lipinski definition) is 1. The number of benzene rings is 1. The maximum atomic E-state index is 12.0. The topological polar surface area (TPSA) is 73.2 Å². The molecule has 0 aliphatic heterocycles. The third-order valence-corrected chi connectivity index (χ3v) is 3.89. The van der Waals surface area contributed by atoms with Gasteiger partial charge in [0.15, 0.2) is 5.82 Å². The number of aromatic nitrogens is 2. The number of allylic oxidation sites excluding steroid dienone is 1. The molecule has 0 saturated carbocycles. The van der Waals surface area contributed by atoms with Crippen LogP contribution in [0.5, 0.6) is 5.75 Å². The van der Waals surface area contributed by atoms with Crippen molar-refractivity contribution in [2.24, 2.45) is 7.05 Å². The minimum atomic E-state index is -0.140. The maximum Gasteiger partial charge on any atom is 0.230 e. The van der Waals surface area contributed by atoms with Crippen molar-refractivity contribution in [3.8, 4) is 5.75 Å². The molecule has 6 nitrogen and oxygen atoms in total. The summed E-state index contributed by atoms with van der Waals surface area (Å²) in [4.78, 5) is 27.1. The number of aryl methyl sites for hydroxylation is 1. The van der Waals surface area contributed by atoms with Gasteiger partial charge in [0.25, 0.3) is 0 Å². The van der Waals surface area contributed by atoms with E-state index in [1.807, 2.05) is 24.3 Å². The molecule has 2 rings (SSSR count). The summed E-state index contributed by atoms with van der Waals surface area (Å²) in [6.07, 6.45) is 7.32. The quantitative estimate of drug-likeness (QED) is 0.301. The van der Waals surface area contributed by atoms with Gasteiger partial charge in [-0.1, -0.05) is 34.1 Å². The lowest BCUT2D eigenvalue weighted by Crippen LogP contribution is -2.26. The van der Waals surface area contributed by atoms with Gasteiger partial charge >= 0.3 is 0 Å². The van der Waals surface area contributed by atoms with Crippen LogP contribution in [0.4, 0.5) is 0 Å². The number of rotatable bonds is 9. The fourth-order valence-corrected chi connectivity index (χ4v) is 2.26. The number of nitrogens with one attached hydrogen (secondary N) is 1. The summed E-state index contributed by atoms with van der Waals surface area (Å²) in [5.41, 5.74) is 0.902. The van der Waals surface area contributed by atoms with E-state index in [9.17, 15) is 9.59 Å². The first-order valence-electron chi connectivity index (χ1n) is 7.85. The second-order valence-corrected chi connectivity index (χ2v) is 5.87. The maximum absolute atomic E-state index is 12.0. The molecule has 1 heterocycles. The molecule has 1 aromatic heterocycles. The van der Waals surface area contributed by atoms with Crippen LogP contribution in [0.25, 0.3) is 6.08 Å². The van der Waals surface area contributed by atoms with Gasteiger partial charge in [0.1, 0.15) is 5.75 Å². The molecule has 0 radical (unpaired) electrons. The summed E-state index contributed by atoms with van der Waals surface area (Å²) in [7, 11) is 1.78. The van der Waals surface area contributed by atoms with Crippen LogP contribution in [0.15, 0.2) is 42.7 Å². The molecule has 0 aliphatic rings. The number of amides is 1. The summed E-state index contributed by atoms with van der Waals surface area (Å²) in [6, 6.07) is 7.46. The summed E-state index contributed by atoms with van der Waals surface area (Å²) in [5, 5.41) is 3.07. The Hall–Kier alpha value is -2.41. The van der Waals surface area contributed by atoms with Crippen molar-refractivity contribution in [1.82, 2.24) is 14.9 Å². The Bertz CT molecular complexity index is 738. The normalized spacial score (nSPS) is 10.8. The minimum Gasteiger partial charge on any atom is -0.494 e. The Morgan fingerprint density at radius 2 is 2.08 bits per heavy atom. The number of ether oxygens (including phenoxy) is 1. The van der Waals surface area contributed by atoms with Gasteiger partial charge in [0.2, 0.25) is 11.7 Å². The molecule has 132 valence electrons. The number of imidazole rings is 1. The molecule has 0 spiro atoms. The molecule has 7 heteroatoms. The lowest BCUT2D eigenvalue weighted by molar-refractivity contribution is -0.118. The number of alkyl halides is 1. The van der Waals surface area contributed by atoms with E-state index in [1.54, 1.807) is 30.1 Å². The van der Waals surface area contributed by atoms with Gasteiger partial charge in [-0.25, -0.2) is 4.98 Å². The zero-order valence-electron chi connectivity index (χ0n) is 13.9. The molecule has 25 heavy (non-hydrogen) atoms. The van der Waals surface area contributed by atoms with E-state index in [1.165, 1.54) is 6.08 Å². The fourth-order valence-electron chi connectivity index (χ4n) is 2.06. The highest BCUT2D eigenvalue weighted by Crippen LogP contribution is 2.13. The summed E-state index contributed by atoms with van der Waals surface area (Å²) in [6.45, 7) is 1.11. The molecule has 0 aliphatic carbocycles. The van der Waals surface area contributed by atoms with Crippen LogP contribution < -0.4 is 10.1 Å². The monoisotopic (exact) mass is 405 g/mol. The predicted octanol–water partition coefficient (Wildman–Crippen LogP) is 2.60. The van der Waals surface area contributed by atoms with Crippen LogP contribution in [0.1, 0.15) is 22.6 Å². The summed E-state index contributed by atoms with van der Waals surface area (Å²) < 4.78 is 7.29. The highest BCUT2D eigenvalue weighted by Gasteiger charge is 2.06. The van der Waals surface area contributed by atoms with Crippen molar-refractivity contribution in [2.45, 2.75) is 6.42 Å². The van der Waals surface area contributed by atoms with Crippen molar-refractivity contribution < 1.29 is 14.3 Å². The molecule has 0 unspecified atom stereocenters. The average Bonchev–Trinajstić information content (AvgIpc) is 3.06.